The molecule has 0 bridgehead atoms. The van der Waals surface area contributed by atoms with E-state index in [1.54, 1.807) is 14.2 Å². The second-order valence-electron chi connectivity index (χ2n) is 2.99. The van der Waals surface area contributed by atoms with E-state index in [4.69, 9.17) is 15.9 Å². The topological polar surface area (TPSA) is 30.5 Å². The quantitative estimate of drug-likeness (QED) is 0.631. The molecule has 0 unspecified atom stereocenters. The van der Waals surface area contributed by atoms with Crippen LogP contribution in [0.3, 0.4) is 0 Å². The van der Waals surface area contributed by atoms with E-state index < -0.39 is 0 Å². The second-order valence-corrected chi connectivity index (χ2v) is 2.99. The van der Waals surface area contributed by atoms with Crippen LogP contribution in [0, 0.1) is 12.3 Å². The van der Waals surface area contributed by atoms with Crippen LogP contribution in [0.25, 0.3) is 0 Å². The Hall–Kier alpha value is -1.37. The fourth-order valence-electron chi connectivity index (χ4n) is 1.29. The predicted octanol–water partition coefficient (Wildman–Crippen LogP) is 1.85. The monoisotopic (exact) mass is 241 g/mol. The van der Waals surface area contributed by atoms with Crippen molar-refractivity contribution in [2.75, 3.05) is 20.8 Å². The Bertz CT molecular complexity index is 361. The Morgan fingerprint density at radius 3 is 2.62 bits per heavy atom. The lowest BCUT2D eigenvalue weighted by molar-refractivity contribution is 0.397. The summed E-state index contributed by atoms with van der Waals surface area (Å²) in [6.07, 6.45) is 5.15. The molecule has 0 aliphatic heterocycles. The van der Waals surface area contributed by atoms with Crippen LogP contribution in [0.15, 0.2) is 18.2 Å². The van der Waals surface area contributed by atoms with E-state index in [-0.39, 0.29) is 12.4 Å². The van der Waals surface area contributed by atoms with Gasteiger partial charge >= 0.3 is 0 Å². The zero-order valence-corrected chi connectivity index (χ0v) is 10.3. The van der Waals surface area contributed by atoms with E-state index >= 15 is 0 Å². The molecule has 1 aromatic rings. The third-order valence-corrected chi connectivity index (χ3v) is 2.03. The molecule has 0 fully saturated rings. The molecule has 0 aromatic heterocycles. The molecule has 1 rings (SSSR count). The van der Waals surface area contributed by atoms with Crippen molar-refractivity contribution in [1.29, 1.82) is 0 Å². The lowest BCUT2D eigenvalue weighted by Gasteiger charge is -2.10. The van der Waals surface area contributed by atoms with Gasteiger partial charge in [-0.2, -0.15) is 0 Å². The van der Waals surface area contributed by atoms with Gasteiger partial charge in [-0.3, -0.25) is 0 Å². The van der Waals surface area contributed by atoms with Gasteiger partial charge in [0.05, 0.1) is 20.8 Å². The van der Waals surface area contributed by atoms with Crippen molar-refractivity contribution < 1.29 is 9.47 Å². The first-order chi connectivity index (χ1) is 7.31. The summed E-state index contributed by atoms with van der Waals surface area (Å²) in [4.78, 5) is 0. The Morgan fingerprint density at radius 1 is 1.31 bits per heavy atom. The molecular formula is C12H16ClNO2. The van der Waals surface area contributed by atoms with Gasteiger partial charge in [-0.25, -0.2) is 0 Å². The van der Waals surface area contributed by atoms with Crippen LogP contribution in [-0.4, -0.2) is 20.8 Å². The van der Waals surface area contributed by atoms with Crippen LogP contribution in [-0.2, 0) is 6.54 Å². The summed E-state index contributed by atoms with van der Waals surface area (Å²) in [6.45, 7) is 1.21. The Morgan fingerprint density at radius 2 is 2.06 bits per heavy atom. The molecule has 1 aromatic carbocycles. The van der Waals surface area contributed by atoms with E-state index in [1.807, 2.05) is 18.2 Å². The molecule has 0 aliphatic rings. The third-order valence-electron chi connectivity index (χ3n) is 2.03. The van der Waals surface area contributed by atoms with Gasteiger partial charge in [-0.05, 0) is 18.2 Å². The highest BCUT2D eigenvalue weighted by atomic mass is 35.5. The van der Waals surface area contributed by atoms with E-state index in [0.717, 1.165) is 17.1 Å². The average Bonchev–Trinajstić information content (AvgIpc) is 2.29. The second kappa shape index (κ2) is 7.86. The van der Waals surface area contributed by atoms with E-state index in [1.165, 1.54) is 0 Å². The maximum absolute atomic E-state index is 5.23. The first kappa shape index (κ1) is 14.6. The van der Waals surface area contributed by atoms with Crippen LogP contribution in [0.4, 0.5) is 0 Å². The largest absolute Gasteiger partial charge is 0.497 e. The van der Waals surface area contributed by atoms with Crippen LogP contribution in [0.1, 0.15) is 5.56 Å². The van der Waals surface area contributed by atoms with E-state index in [9.17, 15) is 0 Å². The summed E-state index contributed by atoms with van der Waals surface area (Å²) < 4.78 is 10.4. The maximum Gasteiger partial charge on any atom is 0.123 e. The minimum atomic E-state index is 0. The fourth-order valence-corrected chi connectivity index (χ4v) is 1.29. The summed E-state index contributed by atoms with van der Waals surface area (Å²) in [6, 6.07) is 5.68. The lowest BCUT2D eigenvalue weighted by atomic mass is 10.2. The summed E-state index contributed by atoms with van der Waals surface area (Å²) in [7, 11) is 3.28. The molecule has 0 radical (unpaired) electrons. The first-order valence-electron chi connectivity index (χ1n) is 4.67. The number of ether oxygens (including phenoxy) is 2. The molecule has 0 atom stereocenters. The minimum absolute atomic E-state index is 0. The van der Waals surface area contributed by atoms with Gasteiger partial charge in [0.1, 0.15) is 11.5 Å². The van der Waals surface area contributed by atoms with Crippen molar-refractivity contribution in [3.63, 3.8) is 0 Å². The highest BCUT2D eigenvalue weighted by molar-refractivity contribution is 5.85. The van der Waals surface area contributed by atoms with Crippen molar-refractivity contribution in [1.82, 2.24) is 5.32 Å². The molecule has 0 amide bonds. The Labute approximate surface area is 103 Å². The molecular weight excluding hydrogens is 226 g/mol. The maximum atomic E-state index is 5.23. The van der Waals surface area contributed by atoms with Gasteiger partial charge in [0.25, 0.3) is 0 Å². The van der Waals surface area contributed by atoms with Gasteiger partial charge in [-0.15, -0.1) is 18.8 Å². The SMILES string of the molecule is C#CCNCc1cc(OC)ccc1OC.Cl. The van der Waals surface area contributed by atoms with E-state index in [2.05, 4.69) is 11.2 Å². The van der Waals surface area contributed by atoms with Crippen molar-refractivity contribution in [2.24, 2.45) is 0 Å². The molecule has 16 heavy (non-hydrogen) atoms. The normalized spacial score (nSPS) is 8.81. The highest BCUT2D eigenvalue weighted by Crippen LogP contribution is 2.23. The first-order valence-corrected chi connectivity index (χ1v) is 4.67. The smallest absolute Gasteiger partial charge is 0.123 e. The van der Waals surface area contributed by atoms with Crippen LogP contribution in [0.5, 0.6) is 11.5 Å². The third kappa shape index (κ3) is 4.01. The predicted molar refractivity (Wildman–Crippen MR) is 67.3 cm³/mol. The number of methoxy groups -OCH3 is 2. The van der Waals surface area contributed by atoms with Gasteiger partial charge < -0.3 is 14.8 Å². The van der Waals surface area contributed by atoms with Crippen molar-refractivity contribution >= 4 is 12.4 Å². The molecule has 0 saturated carbocycles. The van der Waals surface area contributed by atoms with Crippen LogP contribution < -0.4 is 14.8 Å². The number of hydrogen-bond acceptors (Lipinski definition) is 3. The van der Waals surface area contributed by atoms with Crippen LogP contribution in [0.2, 0.25) is 0 Å². The van der Waals surface area contributed by atoms with E-state index in [0.29, 0.717) is 13.1 Å². The number of nitrogens with one attached hydrogen (secondary N) is 1. The summed E-state index contributed by atoms with van der Waals surface area (Å²) in [5.41, 5.74) is 1.03. The standard InChI is InChI=1S/C12H15NO2.ClH/c1-4-7-13-9-10-8-11(14-2)5-6-12(10)15-3;/h1,5-6,8,13H,7,9H2,2-3H3;1H. The molecule has 0 aliphatic carbocycles. The molecule has 4 heteroatoms. The van der Waals surface area contributed by atoms with Crippen molar-refractivity contribution in [3.05, 3.63) is 23.8 Å². The molecule has 0 heterocycles. The van der Waals surface area contributed by atoms with Gasteiger partial charge in [0, 0.05) is 12.1 Å². The number of hydrogen-bond donors (Lipinski definition) is 1. The number of terminal acetylenes is 1. The Kier molecular flexibility index (Phi) is 7.19. The molecule has 1 N–H and O–H groups in total. The van der Waals surface area contributed by atoms with Gasteiger partial charge in [0.15, 0.2) is 0 Å². The Balaban J connectivity index is 0.00000225. The molecule has 0 saturated heterocycles. The number of rotatable bonds is 5. The van der Waals surface area contributed by atoms with Gasteiger partial charge in [0.2, 0.25) is 0 Å². The summed E-state index contributed by atoms with van der Waals surface area (Å²) >= 11 is 0. The average molecular weight is 242 g/mol. The van der Waals surface area contributed by atoms with Crippen molar-refractivity contribution in [3.8, 4) is 23.8 Å². The van der Waals surface area contributed by atoms with Crippen molar-refractivity contribution in [2.45, 2.75) is 6.54 Å². The fraction of sp³-hybridized carbons (Fsp3) is 0.333. The zero-order valence-electron chi connectivity index (χ0n) is 9.45. The van der Waals surface area contributed by atoms with Gasteiger partial charge in [-0.1, -0.05) is 5.92 Å². The lowest BCUT2D eigenvalue weighted by Crippen LogP contribution is -2.13. The number of halogens is 1. The summed E-state index contributed by atoms with van der Waals surface area (Å²) in [5.74, 6) is 4.17. The number of benzene rings is 1. The zero-order chi connectivity index (χ0) is 11.1. The molecule has 0 spiro atoms. The highest BCUT2D eigenvalue weighted by Gasteiger charge is 2.03. The minimum Gasteiger partial charge on any atom is -0.497 e. The molecule has 3 nitrogen and oxygen atoms in total. The van der Waals surface area contributed by atoms with Crippen LogP contribution >= 0.6 is 12.4 Å². The summed E-state index contributed by atoms with van der Waals surface area (Å²) in [5, 5.41) is 3.11. The molecule has 88 valence electrons.